The van der Waals surface area contributed by atoms with Gasteiger partial charge in [0.25, 0.3) is 5.91 Å². The zero-order valence-corrected chi connectivity index (χ0v) is 24.7. The minimum atomic E-state index is -0.656. The van der Waals surface area contributed by atoms with Crippen LogP contribution < -0.4 is 14.8 Å². The molecule has 10 heteroatoms. The van der Waals surface area contributed by atoms with Crippen LogP contribution in [0.5, 0.6) is 11.5 Å². The van der Waals surface area contributed by atoms with Gasteiger partial charge in [0.1, 0.15) is 12.4 Å². The lowest BCUT2D eigenvalue weighted by Gasteiger charge is -2.20. The van der Waals surface area contributed by atoms with Gasteiger partial charge in [-0.2, -0.15) is 0 Å². The first-order valence-corrected chi connectivity index (χ1v) is 13.7. The number of halogens is 1. The third-order valence-corrected chi connectivity index (χ3v) is 6.12. The summed E-state index contributed by atoms with van der Waals surface area (Å²) < 4.78 is 32.9. The number of benzene rings is 2. The topological polar surface area (TPSA) is 113 Å². The molecule has 42 heavy (non-hydrogen) atoms. The molecule has 9 nitrogen and oxygen atoms in total. The monoisotopic (exact) mass is 582 g/mol. The number of carbonyl (C=O) groups excluding carboxylic acids is 3. The highest BCUT2D eigenvalue weighted by molar-refractivity contribution is 5.97. The third kappa shape index (κ3) is 12.4. The molecule has 0 radical (unpaired) electrons. The summed E-state index contributed by atoms with van der Waals surface area (Å²) in [4.78, 5) is 39.9. The second-order valence-corrected chi connectivity index (χ2v) is 9.57. The van der Waals surface area contributed by atoms with Gasteiger partial charge >= 0.3 is 11.9 Å². The van der Waals surface area contributed by atoms with Gasteiger partial charge in [0.05, 0.1) is 13.2 Å². The van der Waals surface area contributed by atoms with Crippen molar-refractivity contribution >= 4 is 17.8 Å². The molecule has 0 saturated carbocycles. The van der Waals surface area contributed by atoms with E-state index < -0.39 is 24.6 Å². The molecule has 0 bridgehead atoms. The Kier molecular flexibility index (Phi) is 14.5. The molecule has 3 rings (SSSR count). The van der Waals surface area contributed by atoms with Crippen molar-refractivity contribution in [2.45, 2.75) is 53.1 Å². The molecule has 3 aromatic rings. The highest BCUT2D eigenvalue weighted by atomic mass is 19.1. The molecular formula is C32H39FN2O7. The lowest BCUT2D eigenvalue weighted by atomic mass is 9.92. The van der Waals surface area contributed by atoms with Gasteiger partial charge in [-0.3, -0.25) is 14.4 Å². The first-order valence-electron chi connectivity index (χ1n) is 13.7. The maximum absolute atomic E-state index is 12.6. The average molecular weight is 583 g/mol. The predicted molar refractivity (Wildman–Crippen MR) is 156 cm³/mol. The van der Waals surface area contributed by atoms with Gasteiger partial charge in [-0.15, -0.1) is 0 Å². The minimum absolute atomic E-state index is 0.00261. The maximum atomic E-state index is 12.6. The summed E-state index contributed by atoms with van der Waals surface area (Å²) in [7, 11) is 1.40. The van der Waals surface area contributed by atoms with Gasteiger partial charge in [0.2, 0.25) is 6.79 Å². The van der Waals surface area contributed by atoms with Gasteiger partial charge in [-0.25, -0.2) is 9.37 Å². The van der Waals surface area contributed by atoms with Crippen molar-refractivity contribution in [2.75, 3.05) is 20.4 Å². The van der Waals surface area contributed by atoms with Crippen molar-refractivity contribution in [3.63, 3.8) is 0 Å². The van der Waals surface area contributed by atoms with Crippen LogP contribution in [0.2, 0.25) is 0 Å². The van der Waals surface area contributed by atoms with E-state index in [-0.39, 0.29) is 35.7 Å². The Labute approximate surface area is 246 Å². The van der Waals surface area contributed by atoms with Gasteiger partial charge in [0.15, 0.2) is 17.2 Å². The molecule has 0 saturated heterocycles. The van der Waals surface area contributed by atoms with Crippen molar-refractivity contribution in [3.05, 3.63) is 89.5 Å². The number of rotatable bonds is 13. The number of aromatic nitrogens is 1. The number of nitrogens with zero attached hydrogens (tertiary/aromatic N) is 1. The molecule has 226 valence electrons. The first-order chi connectivity index (χ1) is 20.1. The Morgan fingerprint density at radius 1 is 1.02 bits per heavy atom. The molecule has 0 aliphatic heterocycles. The number of carbonyl (C=O) groups is 3. The quantitative estimate of drug-likeness (QED) is 0.209. The molecule has 2 aromatic carbocycles. The van der Waals surface area contributed by atoms with Crippen molar-refractivity contribution in [1.82, 2.24) is 10.3 Å². The fourth-order valence-electron chi connectivity index (χ4n) is 3.96. The third-order valence-electron chi connectivity index (χ3n) is 6.12. The first kappa shape index (κ1) is 33.7. The van der Waals surface area contributed by atoms with Crippen molar-refractivity contribution in [3.8, 4) is 11.5 Å². The number of methoxy groups -OCH3 is 1. The van der Waals surface area contributed by atoms with Crippen LogP contribution in [0.25, 0.3) is 0 Å². The van der Waals surface area contributed by atoms with E-state index in [9.17, 15) is 18.8 Å². The molecule has 2 atom stereocenters. The molecule has 1 heterocycles. The molecule has 0 spiro atoms. The van der Waals surface area contributed by atoms with Crippen LogP contribution >= 0.6 is 0 Å². The van der Waals surface area contributed by atoms with Crippen molar-refractivity contribution in [1.29, 1.82) is 0 Å². The predicted octanol–water partition coefficient (Wildman–Crippen LogP) is 5.44. The summed E-state index contributed by atoms with van der Waals surface area (Å²) in [5.41, 5.74) is 2.23. The van der Waals surface area contributed by atoms with Crippen molar-refractivity contribution in [2.24, 2.45) is 5.92 Å². The Morgan fingerprint density at radius 3 is 2.31 bits per heavy atom. The number of esters is 2. The lowest BCUT2D eigenvalue weighted by molar-refractivity contribution is -0.148. The Bertz CT molecular complexity index is 1250. The summed E-state index contributed by atoms with van der Waals surface area (Å²) in [6.07, 6.45) is 3.66. The lowest BCUT2D eigenvalue weighted by Crippen LogP contribution is -2.33. The molecular weight excluding hydrogens is 543 g/mol. The number of aryl methyl sites for hydroxylation is 1. The molecule has 1 unspecified atom stereocenters. The van der Waals surface area contributed by atoms with Crippen LogP contribution in [0.1, 0.15) is 55.2 Å². The second kappa shape index (κ2) is 18.1. The average Bonchev–Trinajstić information content (AvgIpc) is 2.97. The van der Waals surface area contributed by atoms with Gasteiger partial charge in [0, 0.05) is 19.2 Å². The summed E-state index contributed by atoms with van der Waals surface area (Å²) in [6, 6.07) is 18.1. The molecule has 1 N–H and O–H groups in total. The standard InChI is InChI=1S/C25H32N2O7.C7H7F/c1-5-19(14-20-9-7-6-8-10-20)13-17(2)34-22(29)15-27-25(30)23-24(33-16-32-18(3)28)21(31-4)11-12-26-23;1-6-2-4-7(8)5-3-6/h6-12,17,19H,5,13-16H2,1-4H3,(H,27,30);2-5H,1H3/t17?,19-;/m0./s1. The van der Waals surface area contributed by atoms with Crippen LogP contribution in [0.4, 0.5) is 4.39 Å². The molecule has 1 amide bonds. The number of nitrogens with one attached hydrogen (secondary N) is 1. The fraction of sp³-hybridized carbons (Fsp3) is 0.375. The van der Waals surface area contributed by atoms with Crippen molar-refractivity contribution < 1.29 is 37.7 Å². The number of pyridine rings is 1. The molecule has 0 fully saturated rings. The van der Waals surface area contributed by atoms with E-state index in [0.29, 0.717) is 5.92 Å². The van der Waals surface area contributed by atoms with E-state index in [1.165, 1.54) is 44.0 Å². The molecule has 1 aromatic heterocycles. The van der Waals surface area contributed by atoms with Crippen LogP contribution in [-0.2, 0) is 25.5 Å². The summed E-state index contributed by atoms with van der Waals surface area (Å²) in [5, 5.41) is 2.48. The van der Waals surface area contributed by atoms with E-state index >= 15 is 0 Å². The summed E-state index contributed by atoms with van der Waals surface area (Å²) >= 11 is 0. The van der Waals surface area contributed by atoms with E-state index in [1.807, 2.05) is 32.0 Å². The molecule has 0 aliphatic carbocycles. The highest BCUT2D eigenvalue weighted by Gasteiger charge is 2.21. The maximum Gasteiger partial charge on any atom is 0.325 e. The number of amides is 1. The molecule has 0 aliphatic rings. The van der Waals surface area contributed by atoms with Gasteiger partial charge in [-0.1, -0.05) is 61.4 Å². The SMILES string of the molecule is CC[C@H](Cc1ccccc1)CC(C)OC(=O)CNC(=O)c1nccc(OC)c1OCOC(C)=O.Cc1ccc(F)cc1. The minimum Gasteiger partial charge on any atom is -0.493 e. The summed E-state index contributed by atoms with van der Waals surface area (Å²) in [6.45, 7) is 6.37. The zero-order valence-electron chi connectivity index (χ0n) is 24.7. The largest absolute Gasteiger partial charge is 0.493 e. The number of hydrogen-bond donors (Lipinski definition) is 1. The van der Waals surface area contributed by atoms with Crippen LogP contribution in [0, 0.1) is 18.7 Å². The number of ether oxygens (including phenoxy) is 4. The van der Waals surface area contributed by atoms with Gasteiger partial charge in [-0.05, 0) is 50.3 Å². The smallest absolute Gasteiger partial charge is 0.325 e. The van der Waals surface area contributed by atoms with E-state index in [1.54, 1.807) is 12.1 Å². The number of hydrogen-bond acceptors (Lipinski definition) is 8. The summed E-state index contributed by atoms with van der Waals surface area (Å²) in [5.74, 6) is -1.32. The Balaban J connectivity index is 0.000000661. The van der Waals surface area contributed by atoms with Crippen LogP contribution in [0.15, 0.2) is 66.9 Å². The highest BCUT2D eigenvalue weighted by Crippen LogP contribution is 2.29. The van der Waals surface area contributed by atoms with E-state index in [4.69, 9.17) is 18.9 Å². The Hall–Kier alpha value is -4.47. The normalized spacial score (nSPS) is 11.7. The van der Waals surface area contributed by atoms with Crippen LogP contribution in [0.3, 0.4) is 0 Å². The van der Waals surface area contributed by atoms with E-state index in [0.717, 1.165) is 24.8 Å². The fourth-order valence-corrected chi connectivity index (χ4v) is 3.96. The van der Waals surface area contributed by atoms with E-state index in [2.05, 4.69) is 29.4 Å². The zero-order chi connectivity index (χ0) is 30.9. The Morgan fingerprint density at radius 2 is 1.71 bits per heavy atom. The second-order valence-electron chi connectivity index (χ2n) is 9.57. The van der Waals surface area contributed by atoms with Gasteiger partial charge < -0.3 is 24.3 Å². The van der Waals surface area contributed by atoms with Crippen LogP contribution in [-0.4, -0.2) is 49.4 Å².